The van der Waals surface area contributed by atoms with Gasteiger partial charge in [-0.05, 0) is 65.1 Å². The first-order chi connectivity index (χ1) is 18.2. The van der Waals surface area contributed by atoms with Crippen molar-refractivity contribution in [2.45, 2.75) is 53.2 Å². The van der Waals surface area contributed by atoms with Gasteiger partial charge in [-0.2, -0.15) is 0 Å². The molecule has 0 saturated heterocycles. The number of hydrogen-bond acceptors (Lipinski definition) is 4. The molecule has 3 aromatic carbocycles. The van der Waals surface area contributed by atoms with E-state index < -0.39 is 17.5 Å². The van der Waals surface area contributed by atoms with Gasteiger partial charge in [-0.15, -0.1) is 6.58 Å². The van der Waals surface area contributed by atoms with Gasteiger partial charge in [0.05, 0.1) is 13.2 Å². The highest BCUT2D eigenvalue weighted by Gasteiger charge is 2.31. The third-order valence-electron chi connectivity index (χ3n) is 6.23. The van der Waals surface area contributed by atoms with Crippen molar-refractivity contribution < 1.29 is 28.5 Å². The Labute approximate surface area is 225 Å². The van der Waals surface area contributed by atoms with Crippen LogP contribution in [0, 0.1) is 11.2 Å². The molecule has 1 unspecified atom stereocenters. The largest absolute Gasteiger partial charge is 0.497 e. The third kappa shape index (κ3) is 7.93. The molecule has 1 N–H and O–H groups in total. The predicted molar refractivity (Wildman–Crippen MR) is 150 cm³/mol. The molecule has 0 saturated carbocycles. The summed E-state index contributed by atoms with van der Waals surface area (Å²) in [5.74, 6) is 0.0172. The number of aryl methyl sites for hydroxylation is 1. The molecule has 1 atom stereocenters. The molecule has 0 spiro atoms. The number of rotatable bonds is 12. The average molecular weight is 523 g/mol. The Morgan fingerprint density at radius 1 is 1.00 bits per heavy atom. The minimum Gasteiger partial charge on any atom is -0.497 e. The summed E-state index contributed by atoms with van der Waals surface area (Å²) in [5.41, 5.74) is 3.28. The van der Waals surface area contributed by atoms with Crippen molar-refractivity contribution >= 4 is 5.97 Å². The summed E-state index contributed by atoms with van der Waals surface area (Å²) in [6.45, 7) is 12.3. The Morgan fingerprint density at radius 3 is 2.37 bits per heavy atom. The summed E-state index contributed by atoms with van der Waals surface area (Å²) in [7, 11) is 3.18. The topological polar surface area (TPSA) is 65.0 Å². The van der Waals surface area contributed by atoms with Crippen LogP contribution in [-0.4, -0.2) is 25.3 Å². The fourth-order valence-electron chi connectivity index (χ4n) is 4.15. The summed E-state index contributed by atoms with van der Waals surface area (Å²) in [6.07, 6.45) is 1.93. The normalized spacial score (nSPS) is 11.7. The molecule has 0 aromatic heterocycles. The molecule has 204 valence electrons. The summed E-state index contributed by atoms with van der Waals surface area (Å²) in [6, 6.07) is 17.8. The first kappa shape index (κ1) is 30.6. The van der Waals surface area contributed by atoms with Crippen LogP contribution in [0.2, 0.25) is 0 Å². The molecule has 6 heteroatoms. The Balaban J connectivity index is 0.00000247. The van der Waals surface area contributed by atoms with Crippen molar-refractivity contribution in [3.05, 3.63) is 95.8 Å². The van der Waals surface area contributed by atoms with Gasteiger partial charge in [-0.1, -0.05) is 58.0 Å². The fraction of sp³-hybridized carbons (Fsp3) is 0.344. The van der Waals surface area contributed by atoms with Crippen LogP contribution in [0.1, 0.15) is 56.9 Å². The molecule has 3 rings (SSSR count). The predicted octanol–water partition coefficient (Wildman–Crippen LogP) is 8.02. The number of carboxylic acids is 1. The maximum Gasteiger partial charge on any atom is 0.303 e. The number of carboxylic acid groups (broad SMARTS) is 1. The lowest BCUT2D eigenvalue weighted by Gasteiger charge is -2.32. The second kappa shape index (κ2) is 14.3. The van der Waals surface area contributed by atoms with E-state index in [1.807, 2.05) is 76.2 Å². The molecule has 0 fully saturated rings. The number of carbonyl (C=O) groups is 1. The molecule has 0 aliphatic carbocycles. The van der Waals surface area contributed by atoms with Gasteiger partial charge in [0.1, 0.15) is 23.9 Å². The highest BCUT2D eigenvalue weighted by Crippen LogP contribution is 2.43. The minimum atomic E-state index is -0.837. The van der Waals surface area contributed by atoms with Gasteiger partial charge in [-0.3, -0.25) is 4.79 Å². The Kier molecular flexibility index (Phi) is 11.5. The van der Waals surface area contributed by atoms with E-state index in [1.165, 1.54) is 6.07 Å². The van der Waals surface area contributed by atoms with Crippen molar-refractivity contribution in [2.75, 3.05) is 14.2 Å². The second-order valence-electron chi connectivity index (χ2n) is 9.24. The number of halogens is 1. The van der Waals surface area contributed by atoms with Crippen LogP contribution < -0.4 is 9.47 Å². The van der Waals surface area contributed by atoms with Gasteiger partial charge in [0.2, 0.25) is 0 Å². The van der Waals surface area contributed by atoms with Crippen LogP contribution in [-0.2, 0) is 22.6 Å². The van der Waals surface area contributed by atoms with E-state index in [-0.39, 0.29) is 18.8 Å². The number of methoxy groups -OCH3 is 2. The highest BCUT2D eigenvalue weighted by atomic mass is 19.1. The average Bonchev–Trinajstić information content (AvgIpc) is 2.93. The van der Waals surface area contributed by atoms with Crippen LogP contribution in [0.15, 0.2) is 73.3 Å². The van der Waals surface area contributed by atoms with E-state index in [4.69, 9.17) is 19.3 Å². The van der Waals surface area contributed by atoms with Crippen molar-refractivity contribution in [3.63, 3.8) is 0 Å². The van der Waals surface area contributed by atoms with E-state index >= 15 is 0 Å². The van der Waals surface area contributed by atoms with Crippen LogP contribution in [0.3, 0.4) is 0 Å². The van der Waals surface area contributed by atoms with E-state index in [9.17, 15) is 9.18 Å². The lowest BCUT2D eigenvalue weighted by atomic mass is 9.79. The molecule has 0 heterocycles. The second-order valence-corrected chi connectivity index (χ2v) is 9.24. The van der Waals surface area contributed by atoms with E-state index in [1.54, 1.807) is 26.4 Å². The van der Waals surface area contributed by atoms with Crippen molar-refractivity contribution in [3.8, 4) is 22.6 Å². The van der Waals surface area contributed by atoms with Gasteiger partial charge in [-0.25, -0.2) is 4.39 Å². The van der Waals surface area contributed by atoms with Crippen molar-refractivity contribution in [1.82, 2.24) is 0 Å². The molecular weight excluding hydrogens is 483 g/mol. The number of hydrogen-bond donors (Lipinski definition) is 1. The standard InChI is InChI=1S/C30H33FO5.C2H6/c1-6-30(2,3)29(35-5)26-17-21(10-13-24(26)25-18-22(34-4)12-14-27(25)31)19-36-23-9-7-8-20(16-23)11-15-28(32)33;1-2/h6-10,12-14,16-18,29H,1,11,15,19H2,2-5H3,(H,32,33);1-2H3. The molecule has 38 heavy (non-hydrogen) atoms. The quantitative estimate of drug-likeness (QED) is 0.244. The summed E-state index contributed by atoms with van der Waals surface area (Å²) in [4.78, 5) is 10.9. The molecule has 0 bridgehead atoms. The van der Waals surface area contributed by atoms with Gasteiger partial charge >= 0.3 is 5.97 Å². The van der Waals surface area contributed by atoms with Gasteiger partial charge in [0.15, 0.2) is 0 Å². The number of benzene rings is 3. The Morgan fingerprint density at radius 2 is 1.74 bits per heavy atom. The fourth-order valence-corrected chi connectivity index (χ4v) is 4.15. The molecular formula is C32H39FO5. The maximum atomic E-state index is 15.0. The SMILES string of the molecule is C=CC(C)(C)C(OC)c1cc(COc2cccc(CCC(=O)O)c2)ccc1-c1cc(OC)ccc1F.CC. The lowest BCUT2D eigenvalue weighted by molar-refractivity contribution is -0.136. The van der Waals surface area contributed by atoms with Crippen LogP contribution >= 0.6 is 0 Å². The van der Waals surface area contributed by atoms with Gasteiger partial charge in [0, 0.05) is 24.5 Å². The van der Waals surface area contributed by atoms with Gasteiger partial charge < -0.3 is 19.3 Å². The van der Waals surface area contributed by atoms with E-state index in [0.29, 0.717) is 29.0 Å². The van der Waals surface area contributed by atoms with Crippen LogP contribution in [0.25, 0.3) is 11.1 Å². The first-order valence-electron chi connectivity index (χ1n) is 12.7. The van der Waals surface area contributed by atoms with Crippen molar-refractivity contribution in [2.24, 2.45) is 5.41 Å². The molecule has 0 aliphatic heterocycles. The Bertz CT molecular complexity index is 1220. The monoisotopic (exact) mass is 522 g/mol. The van der Waals surface area contributed by atoms with Gasteiger partial charge in [0.25, 0.3) is 0 Å². The smallest absolute Gasteiger partial charge is 0.303 e. The molecule has 0 aliphatic rings. The zero-order valence-electron chi connectivity index (χ0n) is 23.2. The zero-order chi connectivity index (χ0) is 28.3. The maximum absolute atomic E-state index is 15.0. The molecule has 0 amide bonds. The summed E-state index contributed by atoms with van der Waals surface area (Å²) in [5, 5.41) is 8.94. The van der Waals surface area contributed by atoms with E-state index in [2.05, 4.69) is 6.58 Å². The van der Waals surface area contributed by atoms with Crippen molar-refractivity contribution in [1.29, 1.82) is 0 Å². The van der Waals surface area contributed by atoms with Crippen LogP contribution in [0.4, 0.5) is 4.39 Å². The third-order valence-corrected chi connectivity index (χ3v) is 6.23. The highest BCUT2D eigenvalue weighted by molar-refractivity contribution is 5.71. The molecule has 0 radical (unpaired) electrons. The minimum absolute atomic E-state index is 0.0621. The molecule has 5 nitrogen and oxygen atoms in total. The number of ether oxygens (including phenoxy) is 3. The number of aliphatic carboxylic acids is 1. The first-order valence-corrected chi connectivity index (χ1v) is 12.7. The Hall–Kier alpha value is -3.64. The zero-order valence-corrected chi connectivity index (χ0v) is 23.2. The van der Waals surface area contributed by atoms with E-state index in [0.717, 1.165) is 16.7 Å². The summed E-state index contributed by atoms with van der Waals surface area (Å²) < 4.78 is 32.2. The lowest BCUT2D eigenvalue weighted by Crippen LogP contribution is -2.22. The molecule has 3 aromatic rings. The summed E-state index contributed by atoms with van der Waals surface area (Å²) >= 11 is 0. The van der Waals surface area contributed by atoms with Crippen LogP contribution in [0.5, 0.6) is 11.5 Å².